The topological polar surface area (TPSA) is 101 Å². The van der Waals surface area contributed by atoms with Gasteiger partial charge in [0.25, 0.3) is 0 Å². The van der Waals surface area contributed by atoms with E-state index >= 15 is 0 Å². The van der Waals surface area contributed by atoms with E-state index in [9.17, 15) is 0 Å². The summed E-state index contributed by atoms with van der Waals surface area (Å²) < 4.78 is 0. The lowest BCUT2D eigenvalue weighted by atomic mass is 10.0. The van der Waals surface area contributed by atoms with Crippen molar-refractivity contribution in [3.8, 4) is 6.07 Å². The van der Waals surface area contributed by atoms with Crippen LogP contribution in [-0.2, 0) is 0 Å². The maximum Gasteiger partial charge on any atom is 0.211 e. The number of benzene rings is 1. The molecular formula is C10H11N5. The average molecular weight is 201 g/mol. The van der Waals surface area contributed by atoms with Crippen LogP contribution in [-0.4, -0.2) is 12.2 Å². The molecule has 4 N–H and O–H groups in total. The van der Waals surface area contributed by atoms with Crippen LogP contribution in [0.1, 0.15) is 16.7 Å². The summed E-state index contributed by atoms with van der Waals surface area (Å²) >= 11 is 0. The lowest BCUT2D eigenvalue weighted by molar-refractivity contribution is 1.21. The van der Waals surface area contributed by atoms with Crippen LogP contribution < -0.4 is 11.5 Å². The summed E-state index contributed by atoms with van der Waals surface area (Å²) in [5, 5.41) is 16.0. The number of guanidine groups is 1. The van der Waals surface area contributed by atoms with E-state index in [2.05, 4.69) is 16.3 Å². The largest absolute Gasteiger partial charge is 0.369 e. The molecule has 1 rings (SSSR count). The fourth-order valence-corrected chi connectivity index (χ4v) is 1.07. The van der Waals surface area contributed by atoms with Crippen LogP contribution >= 0.6 is 0 Å². The lowest BCUT2D eigenvalue weighted by Gasteiger charge is -1.99. The van der Waals surface area contributed by atoms with Crippen LogP contribution in [0.2, 0.25) is 0 Å². The van der Waals surface area contributed by atoms with Gasteiger partial charge in [0.1, 0.15) is 0 Å². The van der Waals surface area contributed by atoms with Gasteiger partial charge in [0.05, 0.1) is 17.8 Å². The van der Waals surface area contributed by atoms with E-state index in [0.717, 1.165) is 11.1 Å². The molecule has 0 aliphatic heterocycles. The Morgan fingerprint density at radius 3 is 2.80 bits per heavy atom. The summed E-state index contributed by atoms with van der Waals surface area (Å²) in [6.45, 7) is 1.84. The Kier molecular flexibility index (Phi) is 3.41. The van der Waals surface area contributed by atoms with Crippen LogP contribution in [0.15, 0.2) is 28.4 Å². The molecule has 0 fully saturated rings. The van der Waals surface area contributed by atoms with Gasteiger partial charge < -0.3 is 11.5 Å². The van der Waals surface area contributed by atoms with Crippen molar-refractivity contribution in [2.75, 3.05) is 0 Å². The molecule has 1 aromatic rings. The Hall–Kier alpha value is -2.35. The highest BCUT2D eigenvalue weighted by atomic mass is 15.3. The van der Waals surface area contributed by atoms with Crippen molar-refractivity contribution in [3.05, 3.63) is 34.9 Å². The molecule has 1 aromatic carbocycles. The molecule has 0 saturated carbocycles. The van der Waals surface area contributed by atoms with Gasteiger partial charge in [-0.25, -0.2) is 0 Å². The van der Waals surface area contributed by atoms with E-state index in [1.165, 1.54) is 6.21 Å². The van der Waals surface area contributed by atoms with Crippen molar-refractivity contribution in [1.82, 2.24) is 0 Å². The van der Waals surface area contributed by atoms with Gasteiger partial charge in [0.15, 0.2) is 0 Å². The van der Waals surface area contributed by atoms with Gasteiger partial charge in [-0.1, -0.05) is 12.1 Å². The lowest BCUT2D eigenvalue weighted by Crippen LogP contribution is -2.21. The quantitative estimate of drug-likeness (QED) is 0.413. The van der Waals surface area contributed by atoms with Crippen LogP contribution in [0.25, 0.3) is 0 Å². The molecule has 0 aliphatic rings. The molecular weight excluding hydrogens is 190 g/mol. The zero-order chi connectivity index (χ0) is 11.3. The summed E-state index contributed by atoms with van der Waals surface area (Å²) in [6.07, 6.45) is 1.51. The van der Waals surface area contributed by atoms with Crippen molar-refractivity contribution >= 4 is 12.2 Å². The molecule has 0 heterocycles. The molecule has 76 valence electrons. The third-order valence-corrected chi connectivity index (χ3v) is 1.87. The fourth-order valence-electron chi connectivity index (χ4n) is 1.07. The second-order valence-electron chi connectivity index (χ2n) is 2.90. The van der Waals surface area contributed by atoms with Crippen LogP contribution in [0.5, 0.6) is 0 Å². The summed E-state index contributed by atoms with van der Waals surface area (Å²) in [6, 6.07) is 7.45. The first-order valence-corrected chi connectivity index (χ1v) is 4.27. The summed E-state index contributed by atoms with van der Waals surface area (Å²) in [7, 11) is 0. The van der Waals surface area contributed by atoms with E-state index in [1.54, 1.807) is 12.1 Å². The monoisotopic (exact) mass is 201 g/mol. The van der Waals surface area contributed by atoms with E-state index in [0.29, 0.717) is 5.56 Å². The Balaban J connectivity index is 3.02. The Labute approximate surface area is 87.7 Å². The number of rotatable bonds is 2. The van der Waals surface area contributed by atoms with E-state index in [-0.39, 0.29) is 5.96 Å². The molecule has 0 saturated heterocycles. The third kappa shape index (κ3) is 2.81. The third-order valence-electron chi connectivity index (χ3n) is 1.87. The first kappa shape index (κ1) is 10.7. The molecule has 0 aliphatic carbocycles. The van der Waals surface area contributed by atoms with Gasteiger partial charge in [0, 0.05) is 0 Å². The molecule has 0 atom stereocenters. The summed E-state index contributed by atoms with van der Waals surface area (Å²) in [5.74, 6) is -0.0969. The minimum absolute atomic E-state index is 0.0969. The number of nitrogens with two attached hydrogens (primary N) is 2. The Bertz CT molecular complexity index is 449. The first-order valence-electron chi connectivity index (χ1n) is 4.27. The Morgan fingerprint density at radius 2 is 2.20 bits per heavy atom. The number of nitriles is 1. The molecule has 5 heteroatoms. The predicted octanol–water partition coefficient (Wildman–Crippen LogP) is 0.474. The highest BCUT2D eigenvalue weighted by molar-refractivity contribution is 5.83. The van der Waals surface area contributed by atoms with Gasteiger partial charge in [-0.15, -0.1) is 5.10 Å². The maximum atomic E-state index is 8.79. The zero-order valence-electron chi connectivity index (χ0n) is 8.31. The first-order chi connectivity index (χ1) is 7.15. The second-order valence-corrected chi connectivity index (χ2v) is 2.90. The van der Waals surface area contributed by atoms with E-state index < -0.39 is 0 Å². The van der Waals surface area contributed by atoms with E-state index in [4.69, 9.17) is 16.7 Å². The minimum Gasteiger partial charge on any atom is -0.369 e. The fraction of sp³-hybridized carbons (Fsp3) is 0.100. The van der Waals surface area contributed by atoms with Gasteiger partial charge in [-0.05, 0) is 24.1 Å². The van der Waals surface area contributed by atoms with Crippen molar-refractivity contribution in [2.45, 2.75) is 6.92 Å². The molecule has 0 spiro atoms. The van der Waals surface area contributed by atoms with Crippen molar-refractivity contribution in [1.29, 1.82) is 5.26 Å². The number of hydrogen-bond donors (Lipinski definition) is 2. The van der Waals surface area contributed by atoms with Crippen molar-refractivity contribution < 1.29 is 0 Å². The molecule has 5 nitrogen and oxygen atoms in total. The molecule has 0 amide bonds. The maximum absolute atomic E-state index is 8.79. The predicted molar refractivity (Wildman–Crippen MR) is 59.3 cm³/mol. The SMILES string of the molecule is Cc1c(C#N)cccc1C=NN=C(N)N. The standard InChI is InChI=1S/C10H11N5/c1-7-8(5-11)3-2-4-9(7)6-14-15-10(12)13/h2-4,6H,1H3,(H4,12,13,15). The number of nitrogens with zero attached hydrogens (tertiary/aromatic N) is 3. The average Bonchev–Trinajstić information content (AvgIpc) is 2.20. The summed E-state index contributed by atoms with van der Waals surface area (Å²) in [5.41, 5.74) is 12.5. The minimum atomic E-state index is -0.0969. The number of hydrogen-bond acceptors (Lipinski definition) is 3. The second kappa shape index (κ2) is 4.77. The molecule has 0 unspecified atom stereocenters. The highest BCUT2D eigenvalue weighted by Gasteiger charge is 1.99. The Morgan fingerprint density at radius 1 is 1.47 bits per heavy atom. The van der Waals surface area contributed by atoms with Gasteiger partial charge in [0.2, 0.25) is 5.96 Å². The summed E-state index contributed by atoms with van der Waals surface area (Å²) in [4.78, 5) is 0. The molecule has 0 radical (unpaired) electrons. The van der Waals surface area contributed by atoms with E-state index in [1.807, 2.05) is 13.0 Å². The van der Waals surface area contributed by atoms with Gasteiger partial charge in [-0.3, -0.25) is 0 Å². The molecule has 0 aromatic heterocycles. The van der Waals surface area contributed by atoms with Crippen LogP contribution in [0.3, 0.4) is 0 Å². The molecule has 15 heavy (non-hydrogen) atoms. The van der Waals surface area contributed by atoms with Crippen molar-refractivity contribution in [2.24, 2.45) is 21.7 Å². The zero-order valence-corrected chi connectivity index (χ0v) is 8.31. The van der Waals surface area contributed by atoms with Crippen molar-refractivity contribution in [3.63, 3.8) is 0 Å². The van der Waals surface area contributed by atoms with Gasteiger partial charge >= 0.3 is 0 Å². The molecule has 0 bridgehead atoms. The smallest absolute Gasteiger partial charge is 0.211 e. The van der Waals surface area contributed by atoms with Gasteiger partial charge in [-0.2, -0.15) is 10.4 Å². The normalized spacial score (nSPS) is 9.87. The van der Waals surface area contributed by atoms with Crippen LogP contribution in [0.4, 0.5) is 0 Å². The van der Waals surface area contributed by atoms with Crippen LogP contribution in [0, 0.1) is 18.3 Å². The highest BCUT2D eigenvalue weighted by Crippen LogP contribution is 2.10.